The van der Waals surface area contributed by atoms with E-state index in [0.717, 1.165) is 31.6 Å². The van der Waals surface area contributed by atoms with Gasteiger partial charge in [-0.05, 0) is 39.8 Å². The molecule has 1 fully saturated rings. The molecule has 19 heavy (non-hydrogen) atoms. The number of aromatic nitrogens is 1. The van der Waals surface area contributed by atoms with Gasteiger partial charge in [0.25, 0.3) is 5.91 Å². The number of hydrogen-bond donors (Lipinski definition) is 2. The van der Waals surface area contributed by atoms with Gasteiger partial charge in [0.2, 0.25) is 0 Å². The van der Waals surface area contributed by atoms with E-state index in [1.807, 2.05) is 11.8 Å². The first-order valence-electron chi connectivity index (χ1n) is 6.84. The van der Waals surface area contributed by atoms with E-state index in [1.165, 1.54) is 12.3 Å². The number of amides is 1. The van der Waals surface area contributed by atoms with Crippen molar-refractivity contribution < 1.29 is 4.79 Å². The van der Waals surface area contributed by atoms with Crippen molar-refractivity contribution in [2.75, 3.05) is 19.6 Å². The normalized spacial score (nSPS) is 16.3. The van der Waals surface area contributed by atoms with Gasteiger partial charge in [-0.2, -0.15) is 0 Å². The van der Waals surface area contributed by atoms with Gasteiger partial charge in [0.05, 0.1) is 0 Å². The van der Waals surface area contributed by atoms with Gasteiger partial charge < -0.3 is 15.2 Å². The van der Waals surface area contributed by atoms with Crippen LogP contribution in [0.3, 0.4) is 0 Å². The van der Waals surface area contributed by atoms with Crippen LogP contribution < -0.4 is 10.7 Å². The fourth-order valence-electron chi connectivity index (χ4n) is 2.58. The van der Waals surface area contributed by atoms with Crippen LogP contribution in [0.1, 0.15) is 35.8 Å². The largest absolute Gasteiger partial charge is 0.364 e. The number of hydrogen-bond acceptors (Lipinski definition) is 3. The van der Waals surface area contributed by atoms with Crippen molar-refractivity contribution in [2.45, 2.75) is 32.7 Å². The van der Waals surface area contributed by atoms with Crippen molar-refractivity contribution in [2.24, 2.45) is 0 Å². The molecule has 1 saturated heterocycles. The minimum absolute atomic E-state index is 0.157. The highest BCUT2D eigenvalue weighted by Gasteiger charge is 2.26. The summed E-state index contributed by atoms with van der Waals surface area (Å²) in [5.74, 6) is -0.157. The van der Waals surface area contributed by atoms with Crippen LogP contribution in [-0.4, -0.2) is 41.5 Å². The van der Waals surface area contributed by atoms with Crippen molar-refractivity contribution >= 4 is 5.91 Å². The highest BCUT2D eigenvalue weighted by Crippen LogP contribution is 2.14. The SMILES string of the molecule is CCN(C(=O)c1c[nH]c(C)cc1=O)C1CCNCC1. The van der Waals surface area contributed by atoms with E-state index in [4.69, 9.17) is 0 Å². The first-order chi connectivity index (χ1) is 9.13. The smallest absolute Gasteiger partial charge is 0.259 e. The number of carbonyl (C=O) groups is 1. The maximum atomic E-state index is 12.5. The number of H-pyrrole nitrogens is 1. The zero-order valence-corrected chi connectivity index (χ0v) is 11.5. The number of aryl methyl sites for hydroxylation is 1. The van der Waals surface area contributed by atoms with E-state index in [-0.39, 0.29) is 22.9 Å². The Morgan fingerprint density at radius 1 is 1.42 bits per heavy atom. The van der Waals surface area contributed by atoms with Crippen molar-refractivity contribution in [1.82, 2.24) is 15.2 Å². The lowest BCUT2D eigenvalue weighted by Crippen LogP contribution is -2.47. The van der Waals surface area contributed by atoms with E-state index in [1.54, 1.807) is 6.92 Å². The van der Waals surface area contributed by atoms with Crippen molar-refractivity contribution in [3.8, 4) is 0 Å². The van der Waals surface area contributed by atoms with Gasteiger partial charge in [0, 0.05) is 30.5 Å². The molecule has 0 bridgehead atoms. The van der Waals surface area contributed by atoms with Gasteiger partial charge in [0.15, 0.2) is 5.43 Å². The number of carbonyl (C=O) groups excluding carboxylic acids is 1. The Morgan fingerprint density at radius 3 is 2.68 bits per heavy atom. The molecule has 1 aromatic heterocycles. The molecule has 0 aliphatic carbocycles. The third-order valence-electron chi connectivity index (χ3n) is 3.64. The molecule has 2 rings (SSSR count). The van der Waals surface area contributed by atoms with E-state index >= 15 is 0 Å². The second-order valence-corrected chi connectivity index (χ2v) is 4.97. The summed E-state index contributed by atoms with van der Waals surface area (Å²) >= 11 is 0. The quantitative estimate of drug-likeness (QED) is 0.851. The van der Waals surface area contributed by atoms with Gasteiger partial charge in [-0.25, -0.2) is 0 Å². The van der Waals surface area contributed by atoms with Gasteiger partial charge in [-0.3, -0.25) is 9.59 Å². The predicted octanol–water partition coefficient (Wildman–Crippen LogP) is 0.897. The molecule has 0 aromatic carbocycles. The van der Waals surface area contributed by atoms with E-state index in [9.17, 15) is 9.59 Å². The minimum atomic E-state index is -0.200. The molecule has 104 valence electrons. The summed E-state index contributed by atoms with van der Waals surface area (Å²) in [6.07, 6.45) is 3.43. The maximum absolute atomic E-state index is 12.5. The molecule has 5 heteroatoms. The Balaban J connectivity index is 2.22. The molecule has 0 saturated carbocycles. The standard InChI is InChI=1S/C14H21N3O2/c1-3-17(11-4-6-15-7-5-11)14(19)12-9-16-10(2)8-13(12)18/h8-9,11,15H,3-7H2,1-2H3,(H,16,18). The highest BCUT2D eigenvalue weighted by molar-refractivity contribution is 5.94. The van der Waals surface area contributed by atoms with Crippen LogP contribution in [0.15, 0.2) is 17.1 Å². The Labute approximate surface area is 113 Å². The summed E-state index contributed by atoms with van der Waals surface area (Å²) in [7, 11) is 0. The second kappa shape index (κ2) is 6.02. The highest BCUT2D eigenvalue weighted by atomic mass is 16.2. The monoisotopic (exact) mass is 263 g/mol. The molecule has 1 aliphatic rings. The van der Waals surface area contributed by atoms with Crippen LogP contribution in [0.25, 0.3) is 0 Å². The fourth-order valence-corrected chi connectivity index (χ4v) is 2.58. The molecule has 0 atom stereocenters. The number of nitrogens with zero attached hydrogens (tertiary/aromatic N) is 1. The van der Waals surface area contributed by atoms with Crippen molar-refractivity contribution in [1.29, 1.82) is 0 Å². The van der Waals surface area contributed by atoms with Crippen LogP contribution in [0.2, 0.25) is 0 Å². The van der Waals surface area contributed by atoms with Crippen LogP contribution in [0, 0.1) is 6.92 Å². The summed E-state index contributed by atoms with van der Waals surface area (Å²) in [5, 5.41) is 3.29. The molecule has 5 nitrogen and oxygen atoms in total. The summed E-state index contributed by atoms with van der Waals surface area (Å²) in [5.41, 5.74) is 0.811. The molecule has 1 amide bonds. The molecule has 2 heterocycles. The van der Waals surface area contributed by atoms with Crippen LogP contribution in [0.5, 0.6) is 0 Å². The third kappa shape index (κ3) is 3.04. The van der Waals surface area contributed by atoms with Crippen LogP contribution in [0.4, 0.5) is 0 Å². The van der Waals surface area contributed by atoms with Gasteiger partial charge in [0.1, 0.15) is 5.56 Å². The minimum Gasteiger partial charge on any atom is -0.364 e. The van der Waals surface area contributed by atoms with Crippen molar-refractivity contribution in [3.63, 3.8) is 0 Å². The van der Waals surface area contributed by atoms with E-state index in [2.05, 4.69) is 10.3 Å². The molecule has 1 aromatic rings. The summed E-state index contributed by atoms with van der Waals surface area (Å²) in [4.78, 5) is 29.2. The molecule has 0 spiro atoms. The molecular formula is C14H21N3O2. The number of pyridine rings is 1. The maximum Gasteiger partial charge on any atom is 0.259 e. The fraction of sp³-hybridized carbons (Fsp3) is 0.571. The Morgan fingerprint density at radius 2 is 2.11 bits per heavy atom. The molecular weight excluding hydrogens is 242 g/mol. The molecule has 1 aliphatic heterocycles. The number of rotatable bonds is 3. The summed E-state index contributed by atoms with van der Waals surface area (Å²) in [6.45, 7) is 6.26. The number of nitrogens with one attached hydrogen (secondary N) is 2. The average molecular weight is 263 g/mol. The lowest BCUT2D eigenvalue weighted by Gasteiger charge is -2.33. The second-order valence-electron chi connectivity index (χ2n) is 4.97. The summed E-state index contributed by atoms with van der Waals surface area (Å²) < 4.78 is 0. The van der Waals surface area contributed by atoms with Gasteiger partial charge in [-0.1, -0.05) is 0 Å². The zero-order chi connectivity index (χ0) is 13.8. The number of aromatic amines is 1. The first kappa shape index (κ1) is 13.8. The lowest BCUT2D eigenvalue weighted by atomic mass is 10.0. The van der Waals surface area contributed by atoms with Crippen LogP contribution >= 0.6 is 0 Å². The Hall–Kier alpha value is -1.62. The molecule has 0 radical (unpaired) electrons. The van der Waals surface area contributed by atoms with Gasteiger partial charge in [-0.15, -0.1) is 0 Å². The zero-order valence-electron chi connectivity index (χ0n) is 11.5. The van der Waals surface area contributed by atoms with Crippen LogP contribution in [-0.2, 0) is 0 Å². The Bertz CT molecular complexity index is 504. The topological polar surface area (TPSA) is 65.2 Å². The predicted molar refractivity (Wildman–Crippen MR) is 74.4 cm³/mol. The lowest BCUT2D eigenvalue weighted by molar-refractivity contribution is 0.0654. The first-order valence-corrected chi connectivity index (χ1v) is 6.84. The Kier molecular flexibility index (Phi) is 4.37. The van der Waals surface area contributed by atoms with E-state index < -0.39 is 0 Å². The van der Waals surface area contributed by atoms with Gasteiger partial charge >= 0.3 is 0 Å². The number of piperidine rings is 1. The average Bonchev–Trinajstić information content (AvgIpc) is 2.40. The third-order valence-corrected chi connectivity index (χ3v) is 3.64. The van der Waals surface area contributed by atoms with Crippen molar-refractivity contribution in [3.05, 3.63) is 33.7 Å². The molecule has 2 N–H and O–H groups in total. The van der Waals surface area contributed by atoms with E-state index in [0.29, 0.717) is 6.54 Å². The summed E-state index contributed by atoms with van der Waals surface area (Å²) in [6, 6.07) is 1.71. The molecule has 0 unspecified atom stereocenters.